The summed E-state index contributed by atoms with van der Waals surface area (Å²) in [6, 6.07) is 15.2. The Morgan fingerprint density at radius 2 is 1.83 bits per heavy atom. The van der Waals surface area contributed by atoms with Crippen molar-refractivity contribution in [1.29, 1.82) is 0 Å². The normalized spacial score (nSPS) is 12.5. The lowest BCUT2D eigenvalue weighted by atomic mass is 10.0. The molecule has 2 aromatic heterocycles. The number of aryl methyl sites for hydroxylation is 1. The first kappa shape index (κ1) is 24.1. The standard InChI is InChI=1S/C26H28FN5O3/c1-5-26(3,4)28-25(34)24(22-15-14-17(2)35-22)32(20-12-8-6-10-18(20)27)23(33)16-31-21-13-9-7-11-19(21)29-30-31/h6-15,24H,5,16H2,1-4H3,(H,28,34). The molecular formula is C26H28FN5O3. The van der Waals surface area contributed by atoms with Crippen LogP contribution in [0, 0.1) is 12.7 Å². The molecule has 0 aliphatic rings. The fourth-order valence-corrected chi connectivity index (χ4v) is 3.77. The van der Waals surface area contributed by atoms with Gasteiger partial charge in [0, 0.05) is 5.54 Å². The van der Waals surface area contributed by atoms with E-state index < -0.39 is 29.2 Å². The Kier molecular flexibility index (Phi) is 6.68. The van der Waals surface area contributed by atoms with Gasteiger partial charge in [0.1, 0.15) is 29.4 Å². The number of rotatable bonds is 8. The number of nitrogens with zero attached hydrogens (tertiary/aromatic N) is 4. The molecule has 1 N–H and O–H groups in total. The highest BCUT2D eigenvalue weighted by atomic mass is 19.1. The van der Waals surface area contributed by atoms with E-state index >= 15 is 4.39 Å². The maximum Gasteiger partial charge on any atom is 0.251 e. The lowest BCUT2D eigenvalue weighted by Gasteiger charge is -2.33. The van der Waals surface area contributed by atoms with Crippen molar-refractivity contribution in [3.05, 3.63) is 78.0 Å². The number of anilines is 1. The fraction of sp³-hybridized carbons (Fsp3) is 0.308. The van der Waals surface area contributed by atoms with Crippen LogP contribution in [0.1, 0.15) is 44.8 Å². The molecule has 2 heterocycles. The first-order valence-electron chi connectivity index (χ1n) is 11.4. The van der Waals surface area contributed by atoms with Crippen LogP contribution in [0.2, 0.25) is 0 Å². The fourth-order valence-electron chi connectivity index (χ4n) is 3.77. The minimum Gasteiger partial charge on any atom is -0.464 e. The number of hydrogen-bond donors (Lipinski definition) is 1. The number of amides is 2. The van der Waals surface area contributed by atoms with Crippen molar-refractivity contribution in [2.75, 3.05) is 4.90 Å². The Bertz CT molecular complexity index is 1360. The SMILES string of the molecule is CCC(C)(C)NC(=O)C(c1ccc(C)o1)N(C(=O)Cn1nnc2ccccc21)c1ccccc1F. The smallest absolute Gasteiger partial charge is 0.251 e. The number of benzene rings is 2. The van der Waals surface area contributed by atoms with E-state index in [2.05, 4.69) is 15.6 Å². The van der Waals surface area contributed by atoms with E-state index in [0.29, 0.717) is 23.2 Å². The maximum atomic E-state index is 15.1. The Morgan fingerprint density at radius 1 is 1.11 bits per heavy atom. The first-order valence-corrected chi connectivity index (χ1v) is 11.4. The number of halogens is 1. The molecule has 0 bridgehead atoms. The number of para-hydroxylation sites is 2. The highest BCUT2D eigenvalue weighted by Gasteiger charge is 2.38. The van der Waals surface area contributed by atoms with Crippen LogP contribution in [0.25, 0.3) is 11.0 Å². The van der Waals surface area contributed by atoms with Crippen molar-refractivity contribution in [3.8, 4) is 0 Å². The summed E-state index contributed by atoms with van der Waals surface area (Å²) in [5.74, 6) is -0.872. The van der Waals surface area contributed by atoms with Gasteiger partial charge in [0.25, 0.3) is 5.91 Å². The number of furan rings is 1. The van der Waals surface area contributed by atoms with Crippen molar-refractivity contribution < 1.29 is 18.4 Å². The molecule has 1 unspecified atom stereocenters. The van der Waals surface area contributed by atoms with Crippen LogP contribution in [0.3, 0.4) is 0 Å². The second-order valence-electron chi connectivity index (χ2n) is 9.03. The molecule has 1 atom stereocenters. The third-order valence-corrected chi connectivity index (χ3v) is 5.97. The molecule has 0 saturated heterocycles. The van der Waals surface area contributed by atoms with E-state index in [4.69, 9.17) is 4.42 Å². The number of aromatic nitrogens is 3. The molecule has 0 saturated carbocycles. The minimum atomic E-state index is -1.24. The third-order valence-electron chi connectivity index (χ3n) is 5.97. The predicted octanol–water partition coefficient (Wildman–Crippen LogP) is 4.55. The summed E-state index contributed by atoms with van der Waals surface area (Å²) in [5, 5.41) is 11.2. The van der Waals surface area contributed by atoms with E-state index in [1.54, 1.807) is 37.3 Å². The molecule has 4 rings (SSSR count). The molecule has 0 radical (unpaired) electrons. The van der Waals surface area contributed by atoms with Crippen molar-refractivity contribution >= 4 is 28.5 Å². The second-order valence-corrected chi connectivity index (χ2v) is 9.03. The summed E-state index contributed by atoms with van der Waals surface area (Å²) >= 11 is 0. The second kappa shape index (κ2) is 9.69. The lowest BCUT2D eigenvalue weighted by Crippen LogP contribution is -2.51. The van der Waals surface area contributed by atoms with Crippen molar-refractivity contribution in [2.45, 2.75) is 52.2 Å². The van der Waals surface area contributed by atoms with Crippen LogP contribution in [-0.4, -0.2) is 32.3 Å². The molecule has 4 aromatic rings. The van der Waals surface area contributed by atoms with Crippen LogP contribution in [0.4, 0.5) is 10.1 Å². The number of carbonyl (C=O) groups excluding carboxylic acids is 2. The number of nitrogens with one attached hydrogen (secondary N) is 1. The minimum absolute atomic E-state index is 0.0366. The van der Waals surface area contributed by atoms with E-state index in [9.17, 15) is 9.59 Å². The molecule has 9 heteroatoms. The molecule has 0 aliphatic heterocycles. The van der Waals surface area contributed by atoms with Gasteiger partial charge in [-0.2, -0.15) is 0 Å². The maximum absolute atomic E-state index is 15.1. The first-order chi connectivity index (χ1) is 16.7. The summed E-state index contributed by atoms with van der Waals surface area (Å²) < 4.78 is 22.3. The molecule has 8 nitrogen and oxygen atoms in total. The van der Waals surface area contributed by atoms with Crippen LogP contribution in [-0.2, 0) is 16.1 Å². The van der Waals surface area contributed by atoms with E-state index in [1.807, 2.05) is 32.9 Å². The lowest BCUT2D eigenvalue weighted by molar-refractivity contribution is -0.128. The zero-order valence-electron chi connectivity index (χ0n) is 20.2. The predicted molar refractivity (Wildman–Crippen MR) is 130 cm³/mol. The van der Waals surface area contributed by atoms with Gasteiger partial charge in [0.15, 0.2) is 6.04 Å². The zero-order valence-corrected chi connectivity index (χ0v) is 20.2. The van der Waals surface area contributed by atoms with Crippen LogP contribution < -0.4 is 10.2 Å². The summed E-state index contributed by atoms with van der Waals surface area (Å²) in [5.41, 5.74) is 0.684. The van der Waals surface area contributed by atoms with Crippen molar-refractivity contribution in [3.63, 3.8) is 0 Å². The van der Waals surface area contributed by atoms with E-state index in [0.717, 1.165) is 4.90 Å². The highest BCUT2D eigenvalue weighted by molar-refractivity contribution is 6.01. The molecule has 2 aromatic carbocycles. The number of carbonyl (C=O) groups is 2. The Hall–Kier alpha value is -4.01. The molecule has 182 valence electrons. The van der Waals surface area contributed by atoms with Gasteiger partial charge in [-0.3, -0.25) is 14.5 Å². The summed E-state index contributed by atoms with van der Waals surface area (Å²) in [4.78, 5) is 28.6. The van der Waals surface area contributed by atoms with Gasteiger partial charge in [-0.1, -0.05) is 36.4 Å². The summed E-state index contributed by atoms with van der Waals surface area (Å²) in [6.45, 7) is 7.20. The Balaban J connectivity index is 1.81. The summed E-state index contributed by atoms with van der Waals surface area (Å²) in [6.07, 6.45) is 0.654. The van der Waals surface area contributed by atoms with Gasteiger partial charge >= 0.3 is 0 Å². The van der Waals surface area contributed by atoms with Crippen LogP contribution in [0.5, 0.6) is 0 Å². The van der Waals surface area contributed by atoms with Gasteiger partial charge in [-0.05, 0) is 63.6 Å². The average Bonchev–Trinajstić information content (AvgIpc) is 3.44. The Labute approximate surface area is 202 Å². The van der Waals surface area contributed by atoms with E-state index in [-0.39, 0.29) is 18.0 Å². The van der Waals surface area contributed by atoms with Crippen molar-refractivity contribution in [1.82, 2.24) is 20.3 Å². The summed E-state index contributed by atoms with van der Waals surface area (Å²) in [7, 11) is 0. The van der Waals surface area contributed by atoms with Gasteiger partial charge < -0.3 is 9.73 Å². The van der Waals surface area contributed by atoms with Crippen LogP contribution in [0.15, 0.2) is 65.1 Å². The zero-order chi connectivity index (χ0) is 25.2. The molecule has 2 amide bonds. The third kappa shape index (κ3) is 5.08. The van der Waals surface area contributed by atoms with Crippen molar-refractivity contribution in [2.24, 2.45) is 0 Å². The van der Waals surface area contributed by atoms with Gasteiger partial charge in [-0.15, -0.1) is 5.10 Å². The number of hydrogen-bond acceptors (Lipinski definition) is 5. The molecule has 35 heavy (non-hydrogen) atoms. The highest BCUT2D eigenvalue weighted by Crippen LogP contribution is 2.32. The van der Waals surface area contributed by atoms with Gasteiger partial charge in [0.2, 0.25) is 5.91 Å². The quantitative estimate of drug-likeness (QED) is 0.402. The average molecular weight is 478 g/mol. The molecular weight excluding hydrogens is 449 g/mol. The Morgan fingerprint density at radius 3 is 2.51 bits per heavy atom. The van der Waals surface area contributed by atoms with Gasteiger partial charge in [-0.25, -0.2) is 9.07 Å². The topological polar surface area (TPSA) is 93.3 Å². The largest absolute Gasteiger partial charge is 0.464 e. The monoisotopic (exact) mass is 477 g/mol. The molecule has 0 aliphatic carbocycles. The van der Waals surface area contributed by atoms with E-state index in [1.165, 1.54) is 22.9 Å². The molecule has 0 fully saturated rings. The van der Waals surface area contributed by atoms with Crippen LogP contribution >= 0.6 is 0 Å². The van der Waals surface area contributed by atoms with Gasteiger partial charge in [0.05, 0.1) is 11.2 Å². The number of fused-ring (bicyclic) bond motifs is 1. The molecule has 0 spiro atoms.